The van der Waals surface area contributed by atoms with E-state index in [2.05, 4.69) is 0 Å². The summed E-state index contributed by atoms with van der Waals surface area (Å²) in [5.74, 6) is -0.948. The van der Waals surface area contributed by atoms with Crippen LogP contribution < -0.4 is 10.5 Å². The SMILES string of the molecule is CCOC(=O)/C=C/c1cc(OC)c(F)cc1N. The van der Waals surface area contributed by atoms with E-state index in [-0.39, 0.29) is 11.4 Å². The Bertz CT molecular complexity index is 444. The number of nitrogens with two attached hydrogens (primary N) is 1. The van der Waals surface area contributed by atoms with Gasteiger partial charge in [-0.1, -0.05) is 0 Å². The number of nitrogen functional groups attached to an aromatic ring is 1. The predicted octanol–water partition coefficient (Wildman–Crippen LogP) is 1.99. The Kier molecular flexibility index (Phi) is 4.51. The number of carbonyl (C=O) groups excluding carboxylic acids is 1. The van der Waals surface area contributed by atoms with E-state index in [1.54, 1.807) is 6.92 Å². The molecule has 0 bridgehead atoms. The Labute approximate surface area is 98.8 Å². The standard InChI is InChI=1S/C12H14FNO3/c1-3-17-12(15)5-4-8-6-11(16-2)9(13)7-10(8)14/h4-7H,3,14H2,1-2H3/b5-4+. The molecule has 0 unspecified atom stereocenters. The lowest BCUT2D eigenvalue weighted by molar-refractivity contribution is -0.137. The molecule has 2 N–H and O–H groups in total. The molecule has 1 rings (SSSR count). The van der Waals surface area contributed by atoms with Crippen molar-refractivity contribution in [3.63, 3.8) is 0 Å². The van der Waals surface area contributed by atoms with Gasteiger partial charge in [-0.25, -0.2) is 9.18 Å². The van der Waals surface area contributed by atoms with Crippen molar-refractivity contribution in [1.29, 1.82) is 0 Å². The molecule has 0 saturated carbocycles. The van der Waals surface area contributed by atoms with Gasteiger partial charge in [0.1, 0.15) is 0 Å². The number of hydrogen-bond acceptors (Lipinski definition) is 4. The van der Waals surface area contributed by atoms with E-state index in [4.69, 9.17) is 15.2 Å². The molecule has 17 heavy (non-hydrogen) atoms. The van der Waals surface area contributed by atoms with E-state index in [9.17, 15) is 9.18 Å². The van der Waals surface area contributed by atoms with Gasteiger partial charge in [0.25, 0.3) is 0 Å². The third-order valence-electron chi connectivity index (χ3n) is 2.04. The van der Waals surface area contributed by atoms with Crippen molar-refractivity contribution in [1.82, 2.24) is 0 Å². The minimum Gasteiger partial charge on any atom is -0.494 e. The molecule has 0 aliphatic rings. The molecule has 0 aliphatic heterocycles. The average molecular weight is 239 g/mol. The first-order valence-corrected chi connectivity index (χ1v) is 5.06. The lowest BCUT2D eigenvalue weighted by Crippen LogP contribution is -1.99. The maximum atomic E-state index is 13.2. The molecule has 4 nitrogen and oxygen atoms in total. The maximum Gasteiger partial charge on any atom is 0.330 e. The quantitative estimate of drug-likeness (QED) is 0.496. The van der Waals surface area contributed by atoms with Gasteiger partial charge in [-0.05, 0) is 19.1 Å². The molecule has 0 aromatic heterocycles. The minimum absolute atomic E-state index is 0.0720. The van der Waals surface area contributed by atoms with Crippen LogP contribution in [0.4, 0.5) is 10.1 Å². The summed E-state index contributed by atoms with van der Waals surface area (Å²) in [7, 11) is 1.35. The van der Waals surface area contributed by atoms with Gasteiger partial charge in [-0.3, -0.25) is 0 Å². The average Bonchev–Trinajstić information content (AvgIpc) is 2.28. The number of methoxy groups -OCH3 is 1. The van der Waals surface area contributed by atoms with E-state index in [0.29, 0.717) is 12.2 Å². The number of hydrogen-bond donors (Lipinski definition) is 1. The first-order valence-electron chi connectivity index (χ1n) is 5.06. The van der Waals surface area contributed by atoms with Crippen molar-refractivity contribution in [2.45, 2.75) is 6.92 Å². The lowest BCUT2D eigenvalue weighted by Gasteiger charge is -2.06. The molecule has 92 valence electrons. The van der Waals surface area contributed by atoms with Crippen molar-refractivity contribution in [3.05, 3.63) is 29.6 Å². The number of anilines is 1. The van der Waals surface area contributed by atoms with Crippen LogP contribution >= 0.6 is 0 Å². The summed E-state index contributed by atoms with van der Waals surface area (Å²) in [6, 6.07) is 2.56. The highest BCUT2D eigenvalue weighted by molar-refractivity contribution is 5.88. The molecule has 0 fully saturated rings. The number of benzene rings is 1. The van der Waals surface area contributed by atoms with Gasteiger partial charge in [0, 0.05) is 23.4 Å². The molecule has 0 heterocycles. The monoisotopic (exact) mass is 239 g/mol. The molecule has 0 radical (unpaired) electrons. The van der Waals surface area contributed by atoms with Crippen LogP contribution in [0.15, 0.2) is 18.2 Å². The van der Waals surface area contributed by atoms with E-state index in [0.717, 1.165) is 6.07 Å². The summed E-state index contributed by atoms with van der Waals surface area (Å²) in [6.07, 6.45) is 2.68. The van der Waals surface area contributed by atoms with Crippen molar-refractivity contribution < 1.29 is 18.7 Å². The summed E-state index contributed by atoms with van der Waals surface area (Å²) in [5.41, 5.74) is 6.33. The van der Waals surface area contributed by atoms with Crippen LogP contribution in [0.3, 0.4) is 0 Å². The van der Waals surface area contributed by atoms with E-state index in [1.807, 2.05) is 0 Å². The van der Waals surface area contributed by atoms with Crippen molar-refractivity contribution >= 4 is 17.7 Å². The zero-order valence-electron chi connectivity index (χ0n) is 9.70. The van der Waals surface area contributed by atoms with Gasteiger partial charge in [-0.15, -0.1) is 0 Å². The number of esters is 1. The van der Waals surface area contributed by atoms with Crippen molar-refractivity contribution in [2.24, 2.45) is 0 Å². The van der Waals surface area contributed by atoms with Gasteiger partial charge in [0.05, 0.1) is 13.7 Å². The topological polar surface area (TPSA) is 61.5 Å². The minimum atomic E-state index is -0.543. The van der Waals surface area contributed by atoms with Gasteiger partial charge >= 0.3 is 5.97 Å². The van der Waals surface area contributed by atoms with Crippen LogP contribution in [0.5, 0.6) is 5.75 Å². The van der Waals surface area contributed by atoms with Crippen LogP contribution in [0.2, 0.25) is 0 Å². The summed E-state index contributed by atoms with van der Waals surface area (Å²) in [6.45, 7) is 2.01. The van der Waals surface area contributed by atoms with Crippen LogP contribution in [0.25, 0.3) is 6.08 Å². The zero-order valence-corrected chi connectivity index (χ0v) is 9.70. The molecule has 0 spiro atoms. The molecule has 0 atom stereocenters. The van der Waals surface area contributed by atoms with Crippen LogP contribution in [0.1, 0.15) is 12.5 Å². The smallest absolute Gasteiger partial charge is 0.330 e. The Morgan fingerprint density at radius 2 is 2.24 bits per heavy atom. The molecule has 5 heteroatoms. The normalized spacial score (nSPS) is 10.5. The Hall–Kier alpha value is -2.04. The zero-order chi connectivity index (χ0) is 12.8. The first-order chi connectivity index (χ1) is 8.08. The molecular weight excluding hydrogens is 225 g/mol. The van der Waals surface area contributed by atoms with E-state index < -0.39 is 11.8 Å². The van der Waals surface area contributed by atoms with Crippen LogP contribution in [-0.4, -0.2) is 19.7 Å². The Balaban J connectivity index is 2.94. The molecule has 0 saturated heterocycles. The Morgan fingerprint density at radius 1 is 1.53 bits per heavy atom. The summed E-state index contributed by atoms with van der Waals surface area (Å²) in [5, 5.41) is 0. The van der Waals surface area contributed by atoms with Gasteiger partial charge < -0.3 is 15.2 Å². The first kappa shape index (κ1) is 13.0. The Morgan fingerprint density at radius 3 is 2.82 bits per heavy atom. The van der Waals surface area contributed by atoms with Crippen molar-refractivity contribution in [3.8, 4) is 5.75 Å². The second kappa shape index (κ2) is 5.89. The summed E-state index contributed by atoms with van der Waals surface area (Å²) in [4.78, 5) is 11.1. The molecule has 1 aromatic carbocycles. The summed E-state index contributed by atoms with van der Waals surface area (Å²) >= 11 is 0. The van der Waals surface area contributed by atoms with Crippen LogP contribution in [-0.2, 0) is 9.53 Å². The number of rotatable bonds is 4. The predicted molar refractivity (Wildman–Crippen MR) is 63.0 cm³/mol. The third kappa shape index (κ3) is 3.48. The second-order valence-corrected chi connectivity index (χ2v) is 3.20. The second-order valence-electron chi connectivity index (χ2n) is 3.20. The van der Waals surface area contributed by atoms with E-state index in [1.165, 1.54) is 25.3 Å². The molecule has 0 amide bonds. The number of carbonyl (C=O) groups is 1. The van der Waals surface area contributed by atoms with Crippen molar-refractivity contribution in [2.75, 3.05) is 19.5 Å². The molecule has 1 aromatic rings. The largest absolute Gasteiger partial charge is 0.494 e. The highest BCUT2D eigenvalue weighted by Gasteiger charge is 2.06. The fourth-order valence-corrected chi connectivity index (χ4v) is 1.23. The lowest BCUT2D eigenvalue weighted by atomic mass is 10.1. The van der Waals surface area contributed by atoms with Gasteiger partial charge in [0.2, 0.25) is 0 Å². The van der Waals surface area contributed by atoms with Crippen LogP contribution in [0, 0.1) is 5.82 Å². The highest BCUT2D eigenvalue weighted by Crippen LogP contribution is 2.24. The molecular formula is C12H14FNO3. The molecule has 0 aliphatic carbocycles. The van der Waals surface area contributed by atoms with Gasteiger partial charge in [-0.2, -0.15) is 0 Å². The third-order valence-corrected chi connectivity index (χ3v) is 2.04. The van der Waals surface area contributed by atoms with Gasteiger partial charge in [0.15, 0.2) is 11.6 Å². The fourth-order valence-electron chi connectivity index (χ4n) is 1.23. The fraction of sp³-hybridized carbons (Fsp3) is 0.250. The number of ether oxygens (including phenoxy) is 2. The van der Waals surface area contributed by atoms with E-state index >= 15 is 0 Å². The summed E-state index contributed by atoms with van der Waals surface area (Å²) < 4.78 is 22.8. The number of halogens is 1. The highest BCUT2D eigenvalue weighted by atomic mass is 19.1. The maximum absolute atomic E-state index is 13.2.